The lowest BCUT2D eigenvalue weighted by Crippen LogP contribution is -2.34. The molecule has 0 aromatic heterocycles. The Bertz CT molecular complexity index is 1110. The number of fused-ring (bicyclic) bond motifs is 1. The maximum Gasteiger partial charge on any atom is 0.135 e. The van der Waals surface area contributed by atoms with Gasteiger partial charge in [0.1, 0.15) is 22.9 Å². The van der Waals surface area contributed by atoms with Crippen molar-refractivity contribution in [3.63, 3.8) is 0 Å². The first-order valence-corrected chi connectivity index (χ1v) is 10.0. The maximum absolute atomic E-state index is 13.6. The maximum atomic E-state index is 13.6. The Morgan fingerprint density at radius 3 is 2.50 bits per heavy atom. The van der Waals surface area contributed by atoms with Gasteiger partial charge in [-0.3, -0.25) is 0 Å². The SMILES string of the molecule is COc1ccc(CN2CC(O)(c3ccc(F)cc3Cl)c3cc(Cl)ccc32)c(OC)c1. The summed E-state index contributed by atoms with van der Waals surface area (Å²) >= 11 is 12.5. The normalized spacial score (nSPS) is 17.7. The van der Waals surface area contributed by atoms with Gasteiger partial charge < -0.3 is 19.5 Å². The van der Waals surface area contributed by atoms with Gasteiger partial charge in [-0.25, -0.2) is 4.39 Å². The summed E-state index contributed by atoms with van der Waals surface area (Å²) in [4.78, 5) is 2.02. The molecule has 0 fully saturated rings. The van der Waals surface area contributed by atoms with Crippen molar-refractivity contribution >= 4 is 28.9 Å². The molecular weight excluding hydrogens is 428 g/mol. The van der Waals surface area contributed by atoms with Gasteiger partial charge in [-0.1, -0.05) is 29.3 Å². The van der Waals surface area contributed by atoms with Gasteiger partial charge in [0, 0.05) is 45.0 Å². The molecule has 1 N–H and O–H groups in total. The molecule has 1 aliphatic rings. The number of ether oxygens (including phenoxy) is 2. The van der Waals surface area contributed by atoms with Crippen LogP contribution < -0.4 is 14.4 Å². The van der Waals surface area contributed by atoms with Gasteiger partial charge in [-0.2, -0.15) is 0 Å². The molecule has 1 unspecified atom stereocenters. The summed E-state index contributed by atoms with van der Waals surface area (Å²) in [6.45, 7) is 0.701. The molecule has 0 saturated carbocycles. The third-order valence-corrected chi connectivity index (χ3v) is 5.94. The fraction of sp³-hybridized carbons (Fsp3) is 0.217. The number of methoxy groups -OCH3 is 2. The van der Waals surface area contributed by atoms with Crippen LogP contribution in [0.1, 0.15) is 16.7 Å². The van der Waals surface area contributed by atoms with Gasteiger partial charge >= 0.3 is 0 Å². The summed E-state index contributed by atoms with van der Waals surface area (Å²) in [5.41, 5.74) is 1.35. The molecule has 0 amide bonds. The van der Waals surface area contributed by atoms with E-state index >= 15 is 0 Å². The summed E-state index contributed by atoms with van der Waals surface area (Å²) in [6.07, 6.45) is 0. The largest absolute Gasteiger partial charge is 0.497 e. The number of nitrogens with zero attached hydrogens (tertiary/aromatic N) is 1. The average molecular weight is 448 g/mol. The van der Waals surface area contributed by atoms with Crippen LogP contribution >= 0.6 is 23.2 Å². The smallest absolute Gasteiger partial charge is 0.135 e. The van der Waals surface area contributed by atoms with Crippen molar-refractivity contribution in [2.24, 2.45) is 0 Å². The zero-order valence-electron chi connectivity index (χ0n) is 16.5. The molecule has 3 aromatic carbocycles. The molecule has 3 aromatic rings. The first kappa shape index (κ1) is 20.8. The van der Waals surface area contributed by atoms with E-state index < -0.39 is 11.4 Å². The zero-order valence-corrected chi connectivity index (χ0v) is 18.0. The summed E-state index contributed by atoms with van der Waals surface area (Å²) in [5, 5.41) is 12.4. The molecule has 0 aliphatic carbocycles. The van der Waals surface area contributed by atoms with Crippen LogP contribution in [0.3, 0.4) is 0 Å². The molecule has 7 heteroatoms. The van der Waals surface area contributed by atoms with Gasteiger partial charge in [0.05, 0.1) is 20.8 Å². The van der Waals surface area contributed by atoms with Crippen LogP contribution in [0, 0.1) is 5.82 Å². The Kier molecular flexibility index (Phi) is 5.53. The first-order valence-electron chi connectivity index (χ1n) is 9.29. The number of aliphatic hydroxyl groups is 1. The van der Waals surface area contributed by atoms with Crippen molar-refractivity contribution in [1.29, 1.82) is 0 Å². The predicted octanol–water partition coefficient (Wildman–Crippen LogP) is 5.41. The number of halogens is 3. The second-order valence-electron chi connectivity index (χ2n) is 7.18. The number of rotatable bonds is 5. The zero-order chi connectivity index (χ0) is 21.5. The first-order chi connectivity index (χ1) is 14.4. The summed E-state index contributed by atoms with van der Waals surface area (Å²) in [7, 11) is 3.20. The number of benzene rings is 3. The fourth-order valence-corrected chi connectivity index (χ4v) is 4.44. The molecule has 0 radical (unpaired) electrons. The number of hydrogen-bond donors (Lipinski definition) is 1. The van der Waals surface area contributed by atoms with E-state index in [-0.39, 0.29) is 11.6 Å². The second kappa shape index (κ2) is 7.99. The van der Waals surface area contributed by atoms with Crippen LogP contribution in [-0.2, 0) is 12.1 Å². The van der Waals surface area contributed by atoms with Gasteiger partial charge in [-0.15, -0.1) is 0 Å². The van der Waals surface area contributed by atoms with Crippen LogP contribution in [-0.4, -0.2) is 25.9 Å². The van der Waals surface area contributed by atoms with Crippen molar-refractivity contribution in [3.05, 3.63) is 87.2 Å². The van der Waals surface area contributed by atoms with Crippen LogP contribution in [0.4, 0.5) is 10.1 Å². The highest BCUT2D eigenvalue weighted by atomic mass is 35.5. The summed E-state index contributed by atoms with van der Waals surface area (Å²) in [5.74, 6) is 0.912. The lowest BCUT2D eigenvalue weighted by molar-refractivity contribution is 0.0978. The van der Waals surface area contributed by atoms with Gasteiger partial charge in [0.25, 0.3) is 0 Å². The highest BCUT2D eigenvalue weighted by Crippen LogP contribution is 2.47. The quantitative estimate of drug-likeness (QED) is 0.567. The van der Waals surface area contributed by atoms with E-state index in [9.17, 15) is 9.50 Å². The minimum Gasteiger partial charge on any atom is -0.497 e. The fourth-order valence-electron chi connectivity index (χ4n) is 3.95. The highest BCUT2D eigenvalue weighted by Gasteiger charge is 2.44. The molecule has 1 heterocycles. The minimum absolute atomic E-state index is 0.160. The topological polar surface area (TPSA) is 41.9 Å². The van der Waals surface area contributed by atoms with E-state index in [2.05, 4.69) is 0 Å². The van der Waals surface area contributed by atoms with Crippen LogP contribution in [0.25, 0.3) is 0 Å². The molecular formula is C23H20Cl2FNO3. The Morgan fingerprint density at radius 1 is 1.00 bits per heavy atom. The van der Waals surface area contributed by atoms with Crippen molar-refractivity contribution in [2.45, 2.75) is 12.1 Å². The van der Waals surface area contributed by atoms with E-state index in [0.29, 0.717) is 34.2 Å². The van der Waals surface area contributed by atoms with Crippen molar-refractivity contribution in [3.8, 4) is 11.5 Å². The Labute approximate surface area is 184 Å². The third kappa shape index (κ3) is 3.58. The van der Waals surface area contributed by atoms with Crippen molar-refractivity contribution in [2.75, 3.05) is 25.7 Å². The van der Waals surface area contributed by atoms with E-state index in [4.69, 9.17) is 32.7 Å². The Morgan fingerprint density at radius 2 is 1.80 bits per heavy atom. The van der Waals surface area contributed by atoms with Gasteiger partial charge in [0.2, 0.25) is 0 Å². The van der Waals surface area contributed by atoms with Crippen LogP contribution in [0.2, 0.25) is 10.0 Å². The van der Waals surface area contributed by atoms with E-state index in [1.54, 1.807) is 26.4 Å². The second-order valence-corrected chi connectivity index (χ2v) is 8.02. The monoisotopic (exact) mass is 447 g/mol. The Hall–Kier alpha value is -2.47. The van der Waals surface area contributed by atoms with E-state index in [1.807, 2.05) is 29.2 Å². The lowest BCUT2D eigenvalue weighted by Gasteiger charge is -2.27. The Balaban J connectivity index is 1.77. The van der Waals surface area contributed by atoms with Crippen LogP contribution in [0.15, 0.2) is 54.6 Å². The molecule has 4 nitrogen and oxygen atoms in total. The predicted molar refractivity (Wildman–Crippen MR) is 116 cm³/mol. The standard InChI is InChI=1S/C23H20Cl2FNO3/c1-29-17-6-3-14(22(11-17)30-2)12-27-13-23(28,18-7-5-16(26)10-20(18)25)19-9-15(24)4-8-21(19)27/h3-11,28H,12-13H2,1-2H3. The summed E-state index contributed by atoms with van der Waals surface area (Å²) < 4.78 is 24.4. The van der Waals surface area contributed by atoms with E-state index in [1.165, 1.54) is 18.2 Å². The lowest BCUT2D eigenvalue weighted by atomic mass is 9.88. The molecule has 1 aliphatic heterocycles. The molecule has 30 heavy (non-hydrogen) atoms. The highest BCUT2D eigenvalue weighted by molar-refractivity contribution is 6.31. The van der Waals surface area contributed by atoms with Crippen LogP contribution in [0.5, 0.6) is 11.5 Å². The number of hydrogen-bond acceptors (Lipinski definition) is 4. The molecule has 0 spiro atoms. The van der Waals surface area contributed by atoms with Gasteiger partial charge in [-0.05, 0) is 42.5 Å². The summed E-state index contributed by atoms with van der Waals surface area (Å²) in [6, 6.07) is 15.0. The molecule has 4 rings (SSSR count). The van der Waals surface area contributed by atoms with E-state index in [0.717, 1.165) is 11.3 Å². The molecule has 0 bridgehead atoms. The average Bonchev–Trinajstić information content (AvgIpc) is 3.00. The minimum atomic E-state index is -1.44. The number of anilines is 1. The molecule has 0 saturated heterocycles. The van der Waals surface area contributed by atoms with Crippen molar-refractivity contribution in [1.82, 2.24) is 0 Å². The number of β-amino-alcohol motifs (C(OH)–C–C–N with tert-alkyl or cyclic N) is 1. The molecule has 1 atom stereocenters. The van der Waals surface area contributed by atoms with Gasteiger partial charge in [0.15, 0.2) is 0 Å². The van der Waals surface area contributed by atoms with Crippen molar-refractivity contribution < 1.29 is 19.0 Å². The molecule has 156 valence electrons. The third-order valence-electron chi connectivity index (χ3n) is 5.40.